The van der Waals surface area contributed by atoms with E-state index in [1.165, 1.54) is 56.3 Å². The fourth-order valence-corrected chi connectivity index (χ4v) is 9.92. The number of hydrogen-bond acceptors (Lipinski definition) is 15. The van der Waals surface area contributed by atoms with Crippen LogP contribution in [-0.2, 0) is 62.2 Å². The fourth-order valence-electron chi connectivity index (χ4n) is 9.92. The van der Waals surface area contributed by atoms with E-state index in [2.05, 4.69) is 26.6 Å². The van der Waals surface area contributed by atoms with Gasteiger partial charge in [-0.3, -0.25) is 62.5 Å². The molecule has 2 aliphatic rings. The second-order valence-electron chi connectivity index (χ2n) is 21.2. The molecule has 0 saturated carbocycles. The molecule has 0 bridgehead atoms. The number of nitrogens with two attached hydrogens (primary N) is 1. The van der Waals surface area contributed by atoms with Crippen molar-refractivity contribution in [3.05, 3.63) is 0 Å². The molecule has 0 aromatic carbocycles. The first-order valence-electron chi connectivity index (χ1n) is 29.3. The summed E-state index contributed by atoms with van der Waals surface area (Å²) in [7, 11) is 1.82. The van der Waals surface area contributed by atoms with Crippen LogP contribution in [0.15, 0.2) is 0 Å². The quantitative estimate of drug-likeness (QED) is 0.0389. The number of likely N-dealkylation sites (N-methyl/N-ethyl adjacent to an activating group) is 1. The molecule has 26 nitrogen and oxygen atoms in total. The molecule has 5 atom stereocenters. The monoisotopic (exact) mass is 1150 g/mol. The number of carboxylic acids is 4. The normalized spacial score (nSPS) is 16.3. The Hall–Kier alpha value is -5.99. The van der Waals surface area contributed by atoms with E-state index in [-0.39, 0.29) is 89.9 Å². The van der Waals surface area contributed by atoms with Gasteiger partial charge in [0.25, 0.3) is 0 Å². The van der Waals surface area contributed by atoms with Crippen LogP contribution in [-0.4, -0.2) is 210 Å². The number of carboxylic acid groups (broad SMARTS) is 4. The maximum Gasteiger partial charge on any atom is 0.317 e. The lowest BCUT2D eigenvalue weighted by Gasteiger charge is -2.30. The van der Waals surface area contributed by atoms with Gasteiger partial charge in [-0.25, -0.2) is 0 Å². The summed E-state index contributed by atoms with van der Waals surface area (Å²) < 4.78 is 10.9. The van der Waals surface area contributed by atoms with Gasteiger partial charge in [0, 0.05) is 32.5 Å². The predicted octanol–water partition coefficient (Wildman–Crippen LogP) is 1.89. The number of rotatable bonds is 49. The molecule has 2 rings (SSSR count). The lowest BCUT2D eigenvalue weighted by molar-refractivity contribution is -0.144. The highest BCUT2D eigenvalue weighted by Crippen LogP contribution is 2.24. The van der Waals surface area contributed by atoms with Crippen molar-refractivity contribution in [1.29, 1.82) is 0 Å². The Morgan fingerprint density at radius 1 is 0.531 bits per heavy atom. The van der Waals surface area contributed by atoms with Crippen molar-refractivity contribution < 1.29 is 82.6 Å². The van der Waals surface area contributed by atoms with Crippen LogP contribution in [0.5, 0.6) is 0 Å². The maximum absolute atomic E-state index is 13.8. The molecule has 0 radical (unpaired) electrons. The molecule has 462 valence electrons. The van der Waals surface area contributed by atoms with E-state index < -0.39 is 103 Å². The topological polar surface area (TPSA) is 383 Å². The average Bonchev–Trinajstić information content (AvgIpc) is 4.16. The van der Waals surface area contributed by atoms with Crippen LogP contribution in [0.4, 0.5) is 0 Å². The summed E-state index contributed by atoms with van der Waals surface area (Å²) in [6, 6.07) is -5.74. The van der Waals surface area contributed by atoms with Crippen molar-refractivity contribution in [2.45, 2.75) is 204 Å². The first-order valence-corrected chi connectivity index (χ1v) is 29.3. The van der Waals surface area contributed by atoms with Crippen LogP contribution in [0.25, 0.3) is 0 Å². The van der Waals surface area contributed by atoms with Crippen LogP contribution < -0.4 is 32.3 Å². The van der Waals surface area contributed by atoms with Crippen molar-refractivity contribution >= 4 is 65.2 Å². The minimum absolute atomic E-state index is 0.0112. The minimum Gasteiger partial charge on any atom is -0.481 e. The van der Waals surface area contributed by atoms with Gasteiger partial charge in [-0.2, -0.15) is 0 Å². The number of hydrogen-bond donors (Lipinski definition) is 10. The first-order chi connectivity index (χ1) is 38.8. The summed E-state index contributed by atoms with van der Waals surface area (Å²) in [5.74, 6) is -8.91. The molecule has 11 N–H and O–H groups in total. The van der Waals surface area contributed by atoms with Crippen molar-refractivity contribution in [3.8, 4) is 0 Å². The Morgan fingerprint density at radius 2 is 1.05 bits per heavy atom. The lowest BCUT2D eigenvalue weighted by atomic mass is 10.0. The molecule has 0 unspecified atom stereocenters. The molecule has 81 heavy (non-hydrogen) atoms. The van der Waals surface area contributed by atoms with E-state index in [1.807, 2.05) is 11.9 Å². The maximum atomic E-state index is 13.8. The zero-order valence-corrected chi connectivity index (χ0v) is 47.8. The molecule has 0 aromatic rings. The second-order valence-corrected chi connectivity index (χ2v) is 21.2. The molecule has 2 fully saturated rings. The van der Waals surface area contributed by atoms with Gasteiger partial charge in [-0.1, -0.05) is 77.0 Å². The number of carbonyl (C=O) groups excluding carboxylic acids is 7. The van der Waals surface area contributed by atoms with Gasteiger partial charge in [0.2, 0.25) is 41.4 Å². The van der Waals surface area contributed by atoms with E-state index >= 15 is 0 Å². The second kappa shape index (κ2) is 42.8. The van der Waals surface area contributed by atoms with Crippen molar-refractivity contribution in [1.82, 2.24) is 41.3 Å². The Bertz CT molecular complexity index is 1950. The predicted molar refractivity (Wildman–Crippen MR) is 296 cm³/mol. The molecule has 0 spiro atoms. The van der Waals surface area contributed by atoms with Gasteiger partial charge in [0.1, 0.15) is 30.8 Å². The first kappa shape index (κ1) is 71.1. The lowest BCUT2D eigenvalue weighted by Crippen LogP contribution is -2.58. The fraction of sp³-hybridized carbons (Fsp3) is 0.800. The molecular weight excluding hydrogens is 1060 g/mol. The number of amides is 7. The standard InChI is InChI=1S/C55H95N9O17/c1-62-30-20-25-44(62)55(79)64-32-21-24-43(64)54(78)61-42(36-48(69)70)53(77)60-41(23-17-19-31-63(37-49(71)72)38-50(73)74)52(76)59-40(51(56)75)22-16-18-28-57-46(66)39-81-35-34-80-33-29-58-45(65)26-14-12-10-8-6-4-2-3-5-7-9-11-13-15-27-47(67)68/h40-44H,2-39H2,1H3,(H2,56,75)(H,57,66)(H,58,65)(H,59,76)(H,60,77)(H,61,78)(H,67,68)(H,69,70)(H,71,72)(H,73,74)/t40-,41-,42-,43-,44-/m0/s1. The zero-order chi connectivity index (χ0) is 59.8. The summed E-state index contributed by atoms with van der Waals surface area (Å²) in [4.78, 5) is 142. The minimum atomic E-state index is -1.69. The third kappa shape index (κ3) is 33.5. The molecule has 2 saturated heterocycles. The van der Waals surface area contributed by atoms with Gasteiger partial charge in [-0.15, -0.1) is 0 Å². The number of aliphatic carboxylic acids is 4. The van der Waals surface area contributed by atoms with Crippen LogP contribution in [0, 0.1) is 0 Å². The Morgan fingerprint density at radius 3 is 1.62 bits per heavy atom. The van der Waals surface area contributed by atoms with E-state index in [4.69, 9.17) is 20.3 Å². The SMILES string of the molecule is CN1CCC[C@H]1C(=O)N1CCC[C@H]1C(=O)N[C@@H](CC(=O)O)C(=O)N[C@@H](CCCCN(CC(=O)O)CC(=O)O)C(=O)N[C@@H](CCCCNC(=O)COCCOCCNC(=O)CCCCCCCCCCCCCCCCC(=O)O)C(N)=O. The van der Waals surface area contributed by atoms with E-state index in [0.29, 0.717) is 45.2 Å². The summed E-state index contributed by atoms with van der Waals surface area (Å²) in [6.07, 6.45) is 18.5. The summed E-state index contributed by atoms with van der Waals surface area (Å²) in [5, 5.41) is 49.9. The zero-order valence-electron chi connectivity index (χ0n) is 47.8. The van der Waals surface area contributed by atoms with Gasteiger partial charge >= 0.3 is 23.9 Å². The van der Waals surface area contributed by atoms with Crippen LogP contribution >= 0.6 is 0 Å². The third-order valence-electron chi connectivity index (χ3n) is 14.3. The molecule has 2 aliphatic heterocycles. The molecular formula is C55H95N9O17. The number of unbranched alkanes of at least 4 members (excludes halogenated alkanes) is 15. The molecule has 7 amide bonds. The number of nitrogens with one attached hydrogen (secondary N) is 5. The highest BCUT2D eigenvalue weighted by atomic mass is 16.5. The Kier molecular flexibility index (Phi) is 37.6. The van der Waals surface area contributed by atoms with Crippen molar-refractivity contribution in [2.24, 2.45) is 5.73 Å². The Balaban J connectivity index is 1.74. The summed E-state index contributed by atoms with van der Waals surface area (Å²) in [5.41, 5.74) is 5.66. The number of ether oxygens (including phenoxy) is 2. The molecule has 0 aliphatic carbocycles. The van der Waals surface area contributed by atoms with E-state index in [1.54, 1.807) is 0 Å². The molecule has 2 heterocycles. The number of nitrogens with zero attached hydrogens (tertiary/aromatic N) is 3. The highest BCUT2D eigenvalue weighted by molar-refractivity contribution is 5.97. The van der Waals surface area contributed by atoms with Gasteiger partial charge in [0.15, 0.2) is 0 Å². The largest absolute Gasteiger partial charge is 0.481 e. The average molecular weight is 1150 g/mol. The molecule has 0 aromatic heterocycles. The van der Waals surface area contributed by atoms with Gasteiger partial charge in [-0.05, 0) is 97.2 Å². The third-order valence-corrected chi connectivity index (χ3v) is 14.3. The molecule has 26 heteroatoms. The number of primary amides is 1. The van der Waals surface area contributed by atoms with E-state index in [9.17, 15) is 68.1 Å². The van der Waals surface area contributed by atoms with Crippen LogP contribution in [0.1, 0.15) is 173 Å². The van der Waals surface area contributed by atoms with Gasteiger partial charge < -0.3 is 67.1 Å². The smallest absolute Gasteiger partial charge is 0.317 e. The summed E-state index contributed by atoms with van der Waals surface area (Å²) >= 11 is 0. The van der Waals surface area contributed by atoms with Gasteiger partial charge in [0.05, 0.1) is 45.4 Å². The Labute approximate surface area is 476 Å². The van der Waals surface area contributed by atoms with Crippen LogP contribution in [0.2, 0.25) is 0 Å². The van der Waals surface area contributed by atoms with E-state index in [0.717, 1.165) is 56.4 Å². The van der Waals surface area contributed by atoms with Crippen LogP contribution in [0.3, 0.4) is 0 Å². The van der Waals surface area contributed by atoms with Crippen molar-refractivity contribution in [2.75, 3.05) is 79.3 Å². The highest BCUT2D eigenvalue weighted by Gasteiger charge is 2.41. The number of carbonyl (C=O) groups is 11. The summed E-state index contributed by atoms with van der Waals surface area (Å²) in [6.45, 7) is 0.818. The number of likely N-dealkylation sites (tertiary alicyclic amines) is 2. The van der Waals surface area contributed by atoms with Crippen molar-refractivity contribution in [3.63, 3.8) is 0 Å².